The van der Waals surface area contributed by atoms with Gasteiger partial charge in [0.15, 0.2) is 0 Å². The zero-order chi connectivity index (χ0) is 19.8. The number of para-hydroxylation sites is 1. The minimum atomic E-state index is -0.624. The van der Waals surface area contributed by atoms with E-state index in [9.17, 15) is 14.7 Å². The molecule has 4 rings (SSSR count). The van der Waals surface area contributed by atoms with Crippen LogP contribution < -0.4 is 5.56 Å². The molecule has 0 radical (unpaired) electrons. The Bertz CT molecular complexity index is 1100. The van der Waals surface area contributed by atoms with E-state index >= 15 is 0 Å². The third-order valence-electron chi connectivity index (χ3n) is 5.49. The summed E-state index contributed by atoms with van der Waals surface area (Å²) in [6.45, 7) is 4.21. The van der Waals surface area contributed by atoms with E-state index in [0.717, 1.165) is 22.2 Å². The molecule has 1 aliphatic heterocycles. The van der Waals surface area contributed by atoms with Crippen LogP contribution in [0.5, 0.6) is 0 Å². The van der Waals surface area contributed by atoms with E-state index in [1.165, 1.54) is 0 Å². The van der Waals surface area contributed by atoms with Crippen molar-refractivity contribution in [1.29, 1.82) is 0 Å². The molecule has 1 aliphatic rings. The minimum absolute atomic E-state index is 0.0837. The molecule has 3 aromatic rings. The van der Waals surface area contributed by atoms with Gasteiger partial charge in [-0.15, -0.1) is 0 Å². The van der Waals surface area contributed by atoms with Crippen LogP contribution >= 0.6 is 0 Å². The Labute approximate surface area is 162 Å². The Morgan fingerprint density at radius 3 is 2.82 bits per heavy atom. The number of carbonyl (C=O) groups is 1. The highest BCUT2D eigenvalue weighted by Gasteiger charge is 2.35. The van der Waals surface area contributed by atoms with Crippen molar-refractivity contribution in [2.24, 2.45) is 5.92 Å². The number of pyridine rings is 2. The second-order valence-electron chi connectivity index (χ2n) is 7.57. The van der Waals surface area contributed by atoms with Gasteiger partial charge in [-0.3, -0.25) is 14.6 Å². The fraction of sp³-hybridized carbons (Fsp3) is 0.318. The van der Waals surface area contributed by atoms with E-state index in [1.54, 1.807) is 31.0 Å². The van der Waals surface area contributed by atoms with Crippen molar-refractivity contribution in [2.75, 3.05) is 13.1 Å². The number of fused-ring (bicyclic) bond motifs is 1. The number of benzene rings is 1. The molecule has 1 amide bonds. The number of β-amino-alcohol motifs (C(OH)–C–C–N with tert-alkyl or cyclic N) is 1. The molecule has 0 spiro atoms. The SMILES string of the molecule is Cc1cc(C)c(C(=O)N2C[C@@H](Cc3ccnc4ccccc34)[C@H](O)C2)c(=O)[nH]1. The first kappa shape index (κ1) is 18.4. The normalized spacial score (nSPS) is 19.3. The van der Waals surface area contributed by atoms with Gasteiger partial charge in [0.25, 0.3) is 11.5 Å². The van der Waals surface area contributed by atoms with Crippen LogP contribution in [0, 0.1) is 19.8 Å². The van der Waals surface area contributed by atoms with Crippen molar-refractivity contribution in [3.63, 3.8) is 0 Å². The van der Waals surface area contributed by atoms with Gasteiger partial charge in [-0.25, -0.2) is 0 Å². The molecule has 0 saturated carbocycles. The number of aliphatic hydroxyl groups is 1. The molecule has 0 bridgehead atoms. The summed E-state index contributed by atoms with van der Waals surface area (Å²) in [7, 11) is 0. The number of amides is 1. The number of carbonyl (C=O) groups excluding carboxylic acids is 1. The fourth-order valence-corrected chi connectivity index (χ4v) is 4.11. The van der Waals surface area contributed by atoms with Gasteiger partial charge in [0, 0.05) is 36.3 Å². The van der Waals surface area contributed by atoms with Crippen LogP contribution in [-0.2, 0) is 6.42 Å². The largest absolute Gasteiger partial charge is 0.391 e. The highest BCUT2D eigenvalue weighted by Crippen LogP contribution is 2.26. The van der Waals surface area contributed by atoms with Crippen LogP contribution in [0.1, 0.15) is 27.2 Å². The van der Waals surface area contributed by atoms with E-state index < -0.39 is 6.10 Å². The Kier molecular flexibility index (Phi) is 4.73. The van der Waals surface area contributed by atoms with Crippen molar-refractivity contribution in [3.8, 4) is 0 Å². The number of aromatic nitrogens is 2. The molecule has 3 heterocycles. The predicted octanol–water partition coefficient (Wildman–Crippen LogP) is 2.22. The first-order chi connectivity index (χ1) is 13.4. The molecule has 0 aliphatic carbocycles. The van der Waals surface area contributed by atoms with Gasteiger partial charge in [-0.2, -0.15) is 0 Å². The van der Waals surface area contributed by atoms with Gasteiger partial charge in [-0.1, -0.05) is 18.2 Å². The van der Waals surface area contributed by atoms with E-state index in [4.69, 9.17) is 0 Å². The maximum absolute atomic E-state index is 12.9. The average molecular weight is 377 g/mol. The quantitative estimate of drug-likeness (QED) is 0.733. The number of H-pyrrole nitrogens is 1. The molecule has 2 atom stereocenters. The lowest BCUT2D eigenvalue weighted by molar-refractivity contribution is 0.0762. The molecule has 0 unspecified atom stereocenters. The lowest BCUT2D eigenvalue weighted by Gasteiger charge is -2.17. The van der Waals surface area contributed by atoms with E-state index in [-0.39, 0.29) is 29.5 Å². The molecule has 6 heteroatoms. The maximum atomic E-state index is 12.9. The van der Waals surface area contributed by atoms with E-state index in [0.29, 0.717) is 18.5 Å². The van der Waals surface area contributed by atoms with Gasteiger partial charge >= 0.3 is 0 Å². The number of rotatable bonds is 3. The average Bonchev–Trinajstić information content (AvgIpc) is 3.02. The first-order valence-electron chi connectivity index (χ1n) is 9.44. The van der Waals surface area contributed by atoms with Crippen molar-refractivity contribution in [1.82, 2.24) is 14.9 Å². The molecule has 6 nitrogen and oxygen atoms in total. The number of aromatic amines is 1. The lowest BCUT2D eigenvalue weighted by atomic mass is 9.94. The monoisotopic (exact) mass is 377 g/mol. The second-order valence-corrected chi connectivity index (χ2v) is 7.57. The molecule has 2 aromatic heterocycles. The standard InChI is InChI=1S/C22H23N3O3/c1-13-9-14(2)24-21(27)20(13)22(28)25-11-16(19(26)12-25)10-15-7-8-23-18-6-4-3-5-17(15)18/h3-9,16,19,26H,10-12H2,1-2H3,(H,24,27)/t16-,19-/m1/s1. The zero-order valence-electron chi connectivity index (χ0n) is 16.0. The molecular formula is C22H23N3O3. The summed E-state index contributed by atoms with van der Waals surface area (Å²) in [5.74, 6) is -0.403. The van der Waals surface area contributed by atoms with Gasteiger partial charge in [-0.05, 0) is 49.6 Å². The van der Waals surface area contributed by atoms with Crippen LogP contribution in [0.2, 0.25) is 0 Å². The Morgan fingerprint density at radius 1 is 1.25 bits per heavy atom. The minimum Gasteiger partial charge on any atom is -0.391 e. The molecule has 144 valence electrons. The van der Waals surface area contributed by atoms with Crippen LogP contribution in [0.15, 0.2) is 47.4 Å². The van der Waals surface area contributed by atoms with Crippen LogP contribution in [0.25, 0.3) is 10.9 Å². The number of aliphatic hydroxyl groups excluding tert-OH is 1. The maximum Gasteiger partial charge on any atom is 0.261 e. The predicted molar refractivity (Wildman–Crippen MR) is 107 cm³/mol. The van der Waals surface area contributed by atoms with Crippen LogP contribution in [-0.4, -0.2) is 45.1 Å². The fourth-order valence-electron chi connectivity index (χ4n) is 4.11. The number of likely N-dealkylation sites (tertiary alicyclic amines) is 1. The van der Waals surface area contributed by atoms with Crippen molar-refractivity contribution in [3.05, 3.63) is 75.3 Å². The highest BCUT2D eigenvalue weighted by molar-refractivity contribution is 5.95. The summed E-state index contributed by atoms with van der Waals surface area (Å²) in [6, 6.07) is 11.7. The van der Waals surface area contributed by atoms with Crippen molar-refractivity contribution in [2.45, 2.75) is 26.4 Å². The van der Waals surface area contributed by atoms with Crippen LogP contribution in [0.4, 0.5) is 0 Å². The first-order valence-corrected chi connectivity index (χ1v) is 9.44. The Hall–Kier alpha value is -2.99. The summed E-state index contributed by atoms with van der Waals surface area (Å²) in [5, 5.41) is 11.6. The highest BCUT2D eigenvalue weighted by atomic mass is 16.3. The van der Waals surface area contributed by atoms with Crippen LogP contribution in [0.3, 0.4) is 0 Å². The summed E-state index contributed by atoms with van der Waals surface area (Å²) in [5.41, 5.74) is 3.19. The number of hydrogen-bond acceptors (Lipinski definition) is 4. The summed E-state index contributed by atoms with van der Waals surface area (Å²) in [6.07, 6.45) is 1.80. The molecule has 2 N–H and O–H groups in total. The Morgan fingerprint density at radius 2 is 2.04 bits per heavy atom. The number of nitrogens with one attached hydrogen (secondary N) is 1. The smallest absolute Gasteiger partial charge is 0.261 e. The summed E-state index contributed by atoms with van der Waals surface area (Å²) < 4.78 is 0. The summed E-state index contributed by atoms with van der Waals surface area (Å²) in [4.78, 5) is 33.9. The summed E-state index contributed by atoms with van der Waals surface area (Å²) >= 11 is 0. The zero-order valence-corrected chi connectivity index (χ0v) is 16.0. The van der Waals surface area contributed by atoms with Gasteiger partial charge in [0.2, 0.25) is 0 Å². The molecule has 28 heavy (non-hydrogen) atoms. The molecule has 1 fully saturated rings. The second kappa shape index (κ2) is 7.20. The number of hydrogen-bond donors (Lipinski definition) is 2. The van der Waals surface area contributed by atoms with E-state index in [1.807, 2.05) is 30.3 Å². The van der Waals surface area contributed by atoms with Gasteiger partial charge in [0.05, 0.1) is 11.6 Å². The Balaban J connectivity index is 1.57. The topological polar surface area (TPSA) is 86.3 Å². The van der Waals surface area contributed by atoms with Crippen molar-refractivity contribution >= 4 is 16.8 Å². The third kappa shape index (κ3) is 3.31. The molecular weight excluding hydrogens is 354 g/mol. The van der Waals surface area contributed by atoms with Gasteiger partial charge in [0.1, 0.15) is 5.56 Å². The third-order valence-corrected chi connectivity index (χ3v) is 5.49. The van der Waals surface area contributed by atoms with Gasteiger partial charge < -0.3 is 15.0 Å². The van der Waals surface area contributed by atoms with Crippen molar-refractivity contribution < 1.29 is 9.90 Å². The van der Waals surface area contributed by atoms with E-state index in [2.05, 4.69) is 9.97 Å². The number of nitrogens with zero attached hydrogens (tertiary/aromatic N) is 2. The molecule has 1 aromatic carbocycles. The lowest BCUT2D eigenvalue weighted by Crippen LogP contribution is -2.34. The molecule has 1 saturated heterocycles. The number of aryl methyl sites for hydroxylation is 2.